The summed E-state index contributed by atoms with van der Waals surface area (Å²) in [5.74, 6) is 0.140. The summed E-state index contributed by atoms with van der Waals surface area (Å²) in [6.07, 6.45) is 2.90. The van der Waals surface area contributed by atoms with Crippen LogP contribution in [0.4, 0.5) is 0 Å². The number of benzene rings is 1. The average molecular weight is 319 g/mol. The fourth-order valence-corrected chi connectivity index (χ4v) is 3.28. The third-order valence-electron chi connectivity index (χ3n) is 3.38. The van der Waals surface area contributed by atoms with Crippen LogP contribution < -0.4 is 4.74 Å². The van der Waals surface area contributed by atoms with Crippen molar-refractivity contribution in [3.8, 4) is 5.75 Å². The number of thiazole rings is 1. The maximum atomic E-state index is 10.8. The number of carbonyl (C=O) groups is 1. The molecule has 0 saturated carbocycles. The molecule has 5 heteroatoms. The number of carboxylic acid groups (broad SMARTS) is 1. The summed E-state index contributed by atoms with van der Waals surface area (Å²) in [4.78, 5) is 16.1. The van der Waals surface area contributed by atoms with E-state index in [0.717, 1.165) is 46.2 Å². The first-order valence-electron chi connectivity index (χ1n) is 7.41. The Morgan fingerprint density at radius 3 is 2.77 bits per heavy atom. The van der Waals surface area contributed by atoms with Gasteiger partial charge in [0.25, 0.3) is 0 Å². The summed E-state index contributed by atoms with van der Waals surface area (Å²) in [5.41, 5.74) is 2.00. The van der Waals surface area contributed by atoms with E-state index in [1.165, 1.54) is 11.3 Å². The summed E-state index contributed by atoms with van der Waals surface area (Å²) >= 11 is 1.51. The van der Waals surface area contributed by atoms with Crippen molar-refractivity contribution in [2.45, 2.75) is 39.5 Å². The summed E-state index contributed by atoms with van der Waals surface area (Å²) in [6.45, 7) is 4.61. The van der Waals surface area contributed by atoms with Gasteiger partial charge in [-0.05, 0) is 44.7 Å². The zero-order valence-electron chi connectivity index (χ0n) is 13.0. The number of carboxylic acids is 1. The second-order valence-electron chi connectivity index (χ2n) is 5.26. The molecule has 0 aliphatic rings. The van der Waals surface area contributed by atoms with Gasteiger partial charge in [0, 0.05) is 4.88 Å². The highest BCUT2D eigenvalue weighted by Crippen LogP contribution is 2.21. The Hall–Kier alpha value is -1.88. The van der Waals surface area contributed by atoms with Gasteiger partial charge in [-0.25, -0.2) is 4.98 Å². The van der Waals surface area contributed by atoms with Crippen molar-refractivity contribution in [1.82, 2.24) is 4.98 Å². The highest BCUT2D eigenvalue weighted by molar-refractivity contribution is 7.11. The molecule has 0 aliphatic carbocycles. The third-order valence-corrected chi connectivity index (χ3v) is 4.60. The zero-order valence-corrected chi connectivity index (χ0v) is 13.8. The molecule has 0 saturated heterocycles. The quantitative estimate of drug-likeness (QED) is 0.752. The van der Waals surface area contributed by atoms with Gasteiger partial charge in [0.2, 0.25) is 0 Å². The van der Waals surface area contributed by atoms with E-state index in [1.54, 1.807) is 0 Å². The first kappa shape index (κ1) is 16.5. The summed E-state index contributed by atoms with van der Waals surface area (Å²) in [7, 11) is 0. The summed E-state index contributed by atoms with van der Waals surface area (Å²) in [6, 6.07) is 8.00. The second-order valence-corrected chi connectivity index (χ2v) is 6.43. The molecular formula is C17H21NO3S. The summed E-state index contributed by atoms with van der Waals surface area (Å²) < 4.78 is 5.76. The molecule has 0 bridgehead atoms. The topological polar surface area (TPSA) is 59.4 Å². The minimum absolute atomic E-state index is 0.0693. The molecule has 0 amide bonds. The number of aryl methyl sites for hydroxylation is 3. The standard InChI is InChI=1S/C17H21NO3S/c1-12-7-3-4-8-14(12)21-10-6-5-9-16-18-13(2)15(22-16)11-17(19)20/h3-4,7-8H,5-6,9-11H2,1-2H3,(H,19,20). The van der Waals surface area contributed by atoms with Crippen LogP contribution in [0.5, 0.6) is 5.75 Å². The Bertz CT molecular complexity index is 637. The molecule has 1 N–H and O–H groups in total. The fourth-order valence-electron chi connectivity index (χ4n) is 2.18. The lowest BCUT2D eigenvalue weighted by Crippen LogP contribution is -1.99. The lowest BCUT2D eigenvalue weighted by atomic mass is 10.2. The van der Waals surface area contributed by atoms with E-state index in [2.05, 4.69) is 4.98 Å². The number of unbranched alkanes of at least 4 members (excludes halogenated alkanes) is 1. The van der Waals surface area contributed by atoms with E-state index >= 15 is 0 Å². The Morgan fingerprint density at radius 2 is 2.05 bits per heavy atom. The predicted octanol–water partition coefficient (Wildman–Crippen LogP) is 3.79. The van der Waals surface area contributed by atoms with Crippen molar-refractivity contribution in [1.29, 1.82) is 0 Å². The smallest absolute Gasteiger partial charge is 0.308 e. The van der Waals surface area contributed by atoms with Crippen LogP contribution in [0.3, 0.4) is 0 Å². The number of para-hydroxylation sites is 1. The first-order chi connectivity index (χ1) is 10.6. The Kier molecular flexibility index (Phi) is 5.95. The number of aliphatic carboxylic acids is 1. The number of nitrogens with zero attached hydrogens (tertiary/aromatic N) is 1. The molecule has 1 aromatic carbocycles. The number of hydrogen-bond donors (Lipinski definition) is 1. The van der Waals surface area contributed by atoms with E-state index < -0.39 is 5.97 Å². The highest BCUT2D eigenvalue weighted by Gasteiger charge is 2.10. The van der Waals surface area contributed by atoms with Gasteiger partial charge in [0.15, 0.2) is 0 Å². The molecule has 0 fully saturated rings. The van der Waals surface area contributed by atoms with Gasteiger partial charge in [-0.1, -0.05) is 18.2 Å². The zero-order chi connectivity index (χ0) is 15.9. The van der Waals surface area contributed by atoms with Crippen LogP contribution >= 0.6 is 11.3 Å². The molecule has 0 unspecified atom stereocenters. The number of rotatable bonds is 8. The molecule has 22 heavy (non-hydrogen) atoms. The van der Waals surface area contributed by atoms with E-state index in [9.17, 15) is 4.79 Å². The summed E-state index contributed by atoms with van der Waals surface area (Å²) in [5, 5.41) is 9.86. The Labute approximate surface area is 134 Å². The van der Waals surface area contributed by atoms with Crippen LogP contribution in [0.1, 0.15) is 34.0 Å². The van der Waals surface area contributed by atoms with E-state index in [1.807, 2.05) is 38.1 Å². The molecule has 0 aliphatic heterocycles. The second kappa shape index (κ2) is 7.94. The van der Waals surface area contributed by atoms with Gasteiger partial charge >= 0.3 is 5.97 Å². The molecule has 4 nitrogen and oxygen atoms in total. The molecular weight excluding hydrogens is 298 g/mol. The van der Waals surface area contributed by atoms with Crippen molar-refractivity contribution < 1.29 is 14.6 Å². The van der Waals surface area contributed by atoms with E-state index in [-0.39, 0.29) is 6.42 Å². The normalized spacial score (nSPS) is 10.6. The Morgan fingerprint density at radius 1 is 1.27 bits per heavy atom. The molecule has 0 atom stereocenters. The molecule has 2 aromatic rings. The van der Waals surface area contributed by atoms with Crippen molar-refractivity contribution in [3.05, 3.63) is 45.4 Å². The van der Waals surface area contributed by atoms with Crippen molar-refractivity contribution in [2.24, 2.45) is 0 Å². The largest absolute Gasteiger partial charge is 0.493 e. The van der Waals surface area contributed by atoms with Crippen LogP contribution in [0.15, 0.2) is 24.3 Å². The number of aromatic nitrogens is 1. The molecule has 1 aromatic heterocycles. The van der Waals surface area contributed by atoms with Crippen molar-refractivity contribution in [2.75, 3.05) is 6.61 Å². The van der Waals surface area contributed by atoms with Crippen LogP contribution in [-0.2, 0) is 17.6 Å². The molecule has 0 spiro atoms. The van der Waals surface area contributed by atoms with Crippen molar-refractivity contribution >= 4 is 17.3 Å². The molecule has 0 radical (unpaired) electrons. The van der Waals surface area contributed by atoms with Gasteiger partial charge < -0.3 is 9.84 Å². The maximum absolute atomic E-state index is 10.8. The minimum Gasteiger partial charge on any atom is -0.493 e. The number of ether oxygens (including phenoxy) is 1. The Balaban J connectivity index is 1.73. The molecule has 118 valence electrons. The monoisotopic (exact) mass is 319 g/mol. The lowest BCUT2D eigenvalue weighted by molar-refractivity contribution is -0.136. The van der Waals surface area contributed by atoms with Gasteiger partial charge in [-0.3, -0.25) is 4.79 Å². The molecule has 1 heterocycles. The van der Waals surface area contributed by atoms with Crippen LogP contribution in [0.25, 0.3) is 0 Å². The highest BCUT2D eigenvalue weighted by atomic mass is 32.1. The van der Waals surface area contributed by atoms with Gasteiger partial charge in [-0.2, -0.15) is 0 Å². The first-order valence-corrected chi connectivity index (χ1v) is 8.23. The predicted molar refractivity (Wildman–Crippen MR) is 87.8 cm³/mol. The lowest BCUT2D eigenvalue weighted by Gasteiger charge is -2.08. The fraction of sp³-hybridized carbons (Fsp3) is 0.412. The van der Waals surface area contributed by atoms with Crippen LogP contribution in [0.2, 0.25) is 0 Å². The molecule has 2 rings (SSSR count). The minimum atomic E-state index is -0.801. The SMILES string of the molecule is Cc1ccccc1OCCCCc1nc(C)c(CC(=O)O)s1. The van der Waals surface area contributed by atoms with E-state index in [4.69, 9.17) is 9.84 Å². The maximum Gasteiger partial charge on any atom is 0.308 e. The van der Waals surface area contributed by atoms with Gasteiger partial charge in [0.05, 0.1) is 23.7 Å². The van der Waals surface area contributed by atoms with Crippen molar-refractivity contribution in [3.63, 3.8) is 0 Å². The van der Waals surface area contributed by atoms with Gasteiger partial charge in [-0.15, -0.1) is 11.3 Å². The van der Waals surface area contributed by atoms with Gasteiger partial charge in [0.1, 0.15) is 5.75 Å². The van der Waals surface area contributed by atoms with E-state index in [0.29, 0.717) is 6.61 Å². The van der Waals surface area contributed by atoms with Crippen LogP contribution in [0, 0.1) is 13.8 Å². The average Bonchev–Trinajstić information content (AvgIpc) is 2.80. The third kappa shape index (κ3) is 4.84. The van der Waals surface area contributed by atoms with Crippen LogP contribution in [-0.4, -0.2) is 22.7 Å². The number of hydrogen-bond acceptors (Lipinski definition) is 4.